The van der Waals surface area contributed by atoms with E-state index in [1.165, 1.54) is 12.1 Å². The molecule has 0 aliphatic heterocycles. The number of hydrogen-bond donors (Lipinski definition) is 0. The Kier molecular flexibility index (Phi) is 3.68. The number of nitro groups is 1. The predicted octanol–water partition coefficient (Wildman–Crippen LogP) is 5.03. The zero-order valence-electron chi connectivity index (χ0n) is 10.7. The van der Waals surface area contributed by atoms with Crippen molar-refractivity contribution in [3.05, 3.63) is 68.2 Å². The lowest BCUT2D eigenvalue weighted by Crippen LogP contribution is -1.87. The highest BCUT2D eigenvalue weighted by molar-refractivity contribution is 7.19. The first-order valence-electron chi connectivity index (χ1n) is 6.10. The summed E-state index contributed by atoms with van der Waals surface area (Å²) in [6.07, 6.45) is 3.66. The number of nitro benzene ring substituents is 1. The second-order valence-electron chi connectivity index (χ2n) is 4.35. The minimum Gasteiger partial charge on any atom is -0.258 e. The van der Waals surface area contributed by atoms with Crippen molar-refractivity contribution in [2.24, 2.45) is 0 Å². The van der Waals surface area contributed by atoms with E-state index in [1.54, 1.807) is 17.4 Å². The van der Waals surface area contributed by atoms with E-state index in [-0.39, 0.29) is 5.69 Å². The molecular weight excluding hydrogens is 308 g/mol. The summed E-state index contributed by atoms with van der Waals surface area (Å²) in [6, 6.07) is 12.1. The van der Waals surface area contributed by atoms with Gasteiger partial charge in [-0.25, -0.2) is 4.98 Å². The lowest BCUT2D eigenvalue weighted by molar-refractivity contribution is -0.384. The van der Waals surface area contributed by atoms with Gasteiger partial charge in [-0.1, -0.05) is 29.8 Å². The van der Waals surface area contributed by atoms with E-state index in [2.05, 4.69) is 4.98 Å². The molecule has 0 atom stereocenters. The number of thiazole rings is 1. The Labute approximate surface area is 129 Å². The number of benzene rings is 2. The summed E-state index contributed by atoms with van der Waals surface area (Å²) in [7, 11) is 0. The van der Waals surface area contributed by atoms with Gasteiger partial charge in [-0.3, -0.25) is 10.1 Å². The quantitative estimate of drug-likeness (QED) is 0.503. The van der Waals surface area contributed by atoms with Crippen molar-refractivity contribution in [3.63, 3.8) is 0 Å². The molecule has 2 aromatic carbocycles. The summed E-state index contributed by atoms with van der Waals surface area (Å²) in [5.41, 5.74) is 1.70. The van der Waals surface area contributed by atoms with Crippen LogP contribution in [0.15, 0.2) is 42.5 Å². The number of fused-ring (bicyclic) bond motifs is 1. The fraction of sp³-hybridized carbons (Fsp3) is 0. The fourth-order valence-corrected chi connectivity index (χ4v) is 2.92. The Balaban J connectivity index is 1.90. The third-order valence-corrected chi connectivity index (χ3v) is 4.10. The van der Waals surface area contributed by atoms with Crippen molar-refractivity contribution in [1.29, 1.82) is 0 Å². The van der Waals surface area contributed by atoms with Gasteiger partial charge < -0.3 is 0 Å². The lowest BCUT2D eigenvalue weighted by Gasteiger charge is -1.93. The molecule has 0 N–H and O–H groups in total. The minimum atomic E-state index is -0.406. The van der Waals surface area contributed by atoms with E-state index in [9.17, 15) is 10.1 Å². The number of rotatable bonds is 3. The molecule has 3 aromatic rings. The molecule has 6 heteroatoms. The molecule has 0 aliphatic carbocycles. The fourth-order valence-electron chi connectivity index (χ4n) is 1.90. The summed E-state index contributed by atoms with van der Waals surface area (Å²) in [4.78, 5) is 14.8. The van der Waals surface area contributed by atoms with E-state index >= 15 is 0 Å². The van der Waals surface area contributed by atoms with Crippen LogP contribution in [0, 0.1) is 10.1 Å². The zero-order valence-corrected chi connectivity index (χ0v) is 12.3. The highest BCUT2D eigenvalue weighted by Gasteiger charge is 2.04. The minimum absolute atomic E-state index is 0.0771. The molecule has 0 saturated carbocycles. The van der Waals surface area contributed by atoms with Crippen LogP contribution >= 0.6 is 22.9 Å². The molecule has 0 fully saturated rings. The Bertz CT molecular complexity index is 858. The van der Waals surface area contributed by atoms with E-state index in [1.807, 2.05) is 36.4 Å². The number of non-ortho nitro benzene ring substituents is 1. The SMILES string of the molecule is O=[N+]([O-])c1cccc(/C=C/c2nc3cc(Cl)ccc3s2)c1. The maximum Gasteiger partial charge on any atom is 0.270 e. The summed E-state index contributed by atoms with van der Waals surface area (Å²) in [5.74, 6) is 0. The molecule has 1 heterocycles. The second kappa shape index (κ2) is 5.63. The smallest absolute Gasteiger partial charge is 0.258 e. The first-order chi connectivity index (χ1) is 10.1. The van der Waals surface area contributed by atoms with Crippen LogP contribution in [-0.4, -0.2) is 9.91 Å². The van der Waals surface area contributed by atoms with Gasteiger partial charge in [0.05, 0.1) is 15.1 Å². The van der Waals surface area contributed by atoms with Gasteiger partial charge >= 0.3 is 0 Å². The summed E-state index contributed by atoms with van der Waals surface area (Å²) < 4.78 is 1.05. The number of halogens is 1. The molecule has 21 heavy (non-hydrogen) atoms. The molecule has 0 unspecified atom stereocenters. The second-order valence-corrected chi connectivity index (χ2v) is 5.85. The van der Waals surface area contributed by atoms with Crippen LogP contribution in [0.5, 0.6) is 0 Å². The molecule has 0 aliphatic rings. The van der Waals surface area contributed by atoms with Gasteiger partial charge in [0, 0.05) is 17.2 Å². The van der Waals surface area contributed by atoms with E-state index < -0.39 is 4.92 Å². The summed E-state index contributed by atoms with van der Waals surface area (Å²) in [5, 5.41) is 12.2. The standard InChI is InChI=1S/C15H9ClN2O2S/c16-11-5-6-14-13(9-11)17-15(21-14)7-4-10-2-1-3-12(8-10)18(19)20/h1-9H/b7-4+. The van der Waals surface area contributed by atoms with Crippen LogP contribution in [-0.2, 0) is 0 Å². The summed E-state index contributed by atoms with van der Waals surface area (Å²) >= 11 is 7.48. The van der Waals surface area contributed by atoms with E-state index in [0.717, 1.165) is 20.8 Å². The normalized spacial score (nSPS) is 11.3. The predicted molar refractivity (Wildman–Crippen MR) is 86.7 cm³/mol. The molecule has 1 aromatic heterocycles. The Hall–Kier alpha value is -2.24. The molecule has 0 amide bonds. The lowest BCUT2D eigenvalue weighted by atomic mass is 10.2. The summed E-state index contributed by atoms with van der Waals surface area (Å²) in [6.45, 7) is 0. The molecule has 104 valence electrons. The first kappa shape index (κ1) is 13.7. The average Bonchev–Trinajstić information content (AvgIpc) is 2.87. The maximum absolute atomic E-state index is 10.7. The van der Waals surface area contributed by atoms with E-state index in [0.29, 0.717) is 5.02 Å². The number of nitrogens with zero attached hydrogens (tertiary/aromatic N) is 2. The van der Waals surface area contributed by atoms with Gasteiger partial charge in [0.1, 0.15) is 5.01 Å². The van der Waals surface area contributed by atoms with Crippen molar-refractivity contribution in [2.45, 2.75) is 0 Å². The van der Waals surface area contributed by atoms with Crippen molar-refractivity contribution in [2.75, 3.05) is 0 Å². The average molecular weight is 317 g/mol. The zero-order chi connectivity index (χ0) is 14.8. The van der Waals surface area contributed by atoms with Crippen LogP contribution in [0.2, 0.25) is 5.02 Å². The number of hydrogen-bond acceptors (Lipinski definition) is 4. The van der Waals surface area contributed by atoms with E-state index in [4.69, 9.17) is 11.6 Å². The molecule has 0 radical (unpaired) electrons. The first-order valence-corrected chi connectivity index (χ1v) is 7.30. The molecule has 4 nitrogen and oxygen atoms in total. The topological polar surface area (TPSA) is 56.0 Å². The third-order valence-electron chi connectivity index (χ3n) is 2.87. The van der Waals surface area contributed by atoms with Crippen molar-refractivity contribution < 1.29 is 4.92 Å². The van der Waals surface area contributed by atoms with Crippen LogP contribution in [0.25, 0.3) is 22.4 Å². The van der Waals surface area contributed by atoms with Crippen LogP contribution in [0.3, 0.4) is 0 Å². The highest BCUT2D eigenvalue weighted by Crippen LogP contribution is 2.26. The molecule has 0 bridgehead atoms. The van der Waals surface area contributed by atoms with Gasteiger partial charge in [0.25, 0.3) is 5.69 Å². The van der Waals surface area contributed by atoms with Gasteiger partial charge in [-0.05, 0) is 29.8 Å². The van der Waals surface area contributed by atoms with Crippen LogP contribution < -0.4 is 0 Å². The number of aromatic nitrogens is 1. The van der Waals surface area contributed by atoms with Gasteiger partial charge in [0.15, 0.2) is 0 Å². The van der Waals surface area contributed by atoms with Gasteiger partial charge in [-0.2, -0.15) is 0 Å². The Morgan fingerprint density at radius 1 is 1.19 bits per heavy atom. The largest absolute Gasteiger partial charge is 0.270 e. The monoisotopic (exact) mass is 316 g/mol. The van der Waals surface area contributed by atoms with Crippen LogP contribution in [0.1, 0.15) is 10.6 Å². The Morgan fingerprint density at radius 3 is 2.86 bits per heavy atom. The molecule has 3 rings (SSSR count). The van der Waals surface area contributed by atoms with Crippen molar-refractivity contribution in [1.82, 2.24) is 4.98 Å². The van der Waals surface area contributed by atoms with Gasteiger partial charge in [0.2, 0.25) is 0 Å². The molecule has 0 saturated heterocycles. The van der Waals surface area contributed by atoms with Crippen molar-refractivity contribution >= 4 is 51.0 Å². The Morgan fingerprint density at radius 2 is 2.05 bits per heavy atom. The van der Waals surface area contributed by atoms with Crippen LogP contribution in [0.4, 0.5) is 5.69 Å². The van der Waals surface area contributed by atoms with Crippen molar-refractivity contribution in [3.8, 4) is 0 Å². The highest BCUT2D eigenvalue weighted by atomic mass is 35.5. The van der Waals surface area contributed by atoms with Gasteiger partial charge in [-0.15, -0.1) is 11.3 Å². The molecule has 0 spiro atoms. The molecular formula is C15H9ClN2O2S. The third kappa shape index (κ3) is 3.09. The maximum atomic E-state index is 10.7.